The third-order valence-corrected chi connectivity index (χ3v) is 4.51. The number of aromatic nitrogens is 2. The Morgan fingerprint density at radius 2 is 2.14 bits per heavy atom. The highest BCUT2D eigenvalue weighted by Gasteiger charge is 2.18. The van der Waals surface area contributed by atoms with Gasteiger partial charge in [0.15, 0.2) is 5.82 Å². The molecular formula is C14H11Cl2N3OS. The van der Waals surface area contributed by atoms with Crippen LogP contribution in [0.5, 0.6) is 0 Å². The molecule has 2 N–H and O–H groups in total. The molecule has 0 spiro atoms. The summed E-state index contributed by atoms with van der Waals surface area (Å²) in [5, 5.41) is 7.09. The van der Waals surface area contributed by atoms with Gasteiger partial charge in [0.2, 0.25) is 5.89 Å². The molecule has 0 amide bonds. The van der Waals surface area contributed by atoms with Gasteiger partial charge in [0.1, 0.15) is 6.04 Å². The van der Waals surface area contributed by atoms with Gasteiger partial charge in [-0.2, -0.15) is 4.98 Å². The van der Waals surface area contributed by atoms with Crippen molar-refractivity contribution in [2.45, 2.75) is 12.5 Å². The molecule has 0 aliphatic rings. The highest BCUT2D eigenvalue weighted by Crippen LogP contribution is 2.25. The molecule has 1 unspecified atom stereocenters. The Morgan fingerprint density at radius 3 is 2.86 bits per heavy atom. The molecule has 0 saturated heterocycles. The molecule has 7 heteroatoms. The van der Waals surface area contributed by atoms with E-state index in [0.717, 1.165) is 10.4 Å². The van der Waals surface area contributed by atoms with E-state index >= 15 is 0 Å². The second kappa shape index (κ2) is 6.15. The summed E-state index contributed by atoms with van der Waals surface area (Å²) in [6.07, 6.45) is 0.469. The zero-order chi connectivity index (χ0) is 14.8. The lowest BCUT2D eigenvalue weighted by atomic mass is 10.1. The van der Waals surface area contributed by atoms with Crippen molar-refractivity contribution in [1.82, 2.24) is 10.1 Å². The summed E-state index contributed by atoms with van der Waals surface area (Å²) in [6, 6.07) is 8.80. The van der Waals surface area contributed by atoms with Crippen LogP contribution in [0, 0.1) is 0 Å². The molecule has 4 nitrogen and oxygen atoms in total. The first-order valence-electron chi connectivity index (χ1n) is 6.19. The lowest BCUT2D eigenvalue weighted by molar-refractivity contribution is 0.364. The maximum atomic E-state index is 6.14. The van der Waals surface area contributed by atoms with Crippen LogP contribution in [0.2, 0.25) is 10.0 Å². The summed E-state index contributed by atoms with van der Waals surface area (Å²) in [5.41, 5.74) is 6.98. The van der Waals surface area contributed by atoms with Crippen LogP contribution < -0.4 is 5.73 Å². The normalized spacial score (nSPS) is 12.5. The van der Waals surface area contributed by atoms with Crippen molar-refractivity contribution in [3.05, 3.63) is 67.9 Å². The van der Waals surface area contributed by atoms with Crippen molar-refractivity contribution in [3.8, 4) is 0 Å². The average Bonchev–Trinajstić information content (AvgIpc) is 3.12. The number of benzene rings is 1. The van der Waals surface area contributed by atoms with E-state index in [1.54, 1.807) is 23.5 Å². The minimum atomic E-state index is -0.396. The molecule has 0 fully saturated rings. The number of rotatable bonds is 4. The van der Waals surface area contributed by atoms with Gasteiger partial charge in [0.05, 0.1) is 0 Å². The van der Waals surface area contributed by atoms with Crippen molar-refractivity contribution in [1.29, 1.82) is 0 Å². The van der Waals surface area contributed by atoms with Crippen molar-refractivity contribution < 1.29 is 4.52 Å². The zero-order valence-electron chi connectivity index (χ0n) is 10.8. The predicted molar refractivity (Wildman–Crippen MR) is 83.9 cm³/mol. The minimum Gasteiger partial charge on any atom is -0.337 e. The van der Waals surface area contributed by atoms with Gasteiger partial charge in [0.25, 0.3) is 0 Å². The molecule has 2 aromatic heterocycles. The van der Waals surface area contributed by atoms with Crippen molar-refractivity contribution >= 4 is 34.5 Å². The maximum Gasteiger partial charge on any atom is 0.248 e. The van der Waals surface area contributed by atoms with Gasteiger partial charge in [-0.05, 0) is 29.1 Å². The number of thiophene rings is 1. The molecule has 0 saturated carbocycles. The first kappa shape index (κ1) is 14.5. The van der Waals surface area contributed by atoms with Gasteiger partial charge in [-0.3, -0.25) is 0 Å². The summed E-state index contributed by atoms with van der Waals surface area (Å²) in [5.74, 6) is 0.943. The summed E-state index contributed by atoms with van der Waals surface area (Å²) in [6.45, 7) is 0. The summed E-state index contributed by atoms with van der Waals surface area (Å²) >= 11 is 13.6. The number of hydrogen-bond acceptors (Lipinski definition) is 5. The maximum absolute atomic E-state index is 6.14. The smallest absolute Gasteiger partial charge is 0.248 e. The molecule has 21 heavy (non-hydrogen) atoms. The number of nitrogens with zero attached hydrogens (tertiary/aromatic N) is 2. The van der Waals surface area contributed by atoms with E-state index in [4.69, 9.17) is 33.5 Å². The van der Waals surface area contributed by atoms with Crippen LogP contribution in [0.15, 0.2) is 40.2 Å². The van der Waals surface area contributed by atoms with E-state index in [-0.39, 0.29) is 0 Å². The summed E-state index contributed by atoms with van der Waals surface area (Å²) in [4.78, 5) is 5.32. The molecule has 1 aromatic carbocycles. The van der Waals surface area contributed by atoms with E-state index in [1.807, 2.05) is 23.6 Å². The fraction of sp³-hybridized carbons (Fsp3) is 0.143. The number of nitrogens with two attached hydrogens (primary N) is 1. The number of hydrogen-bond donors (Lipinski definition) is 1. The van der Waals surface area contributed by atoms with Gasteiger partial charge in [-0.1, -0.05) is 40.5 Å². The van der Waals surface area contributed by atoms with E-state index in [9.17, 15) is 0 Å². The van der Waals surface area contributed by atoms with E-state index in [1.165, 1.54) is 0 Å². The van der Waals surface area contributed by atoms with Crippen molar-refractivity contribution in [2.75, 3.05) is 0 Å². The first-order chi connectivity index (χ1) is 10.1. The molecule has 1 atom stereocenters. The van der Waals surface area contributed by atoms with Crippen molar-refractivity contribution in [2.24, 2.45) is 5.73 Å². The van der Waals surface area contributed by atoms with Crippen LogP contribution in [0.4, 0.5) is 0 Å². The summed E-state index contributed by atoms with van der Waals surface area (Å²) < 4.78 is 5.24. The molecule has 3 rings (SSSR count). The van der Waals surface area contributed by atoms with Crippen LogP contribution in [0.25, 0.3) is 0 Å². The molecular weight excluding hydrogens is 329 g/mol. The minimum absolute atomic E-state index is 0.396. The molecule has 0 bridgehead atoms. The van der Waals surface area contributed by atoms with Crippen LogP contribution in [0.1, 0.15) is 28.2 Å². The monoisotopic (exact) mass is 339 g/mol. The topological polar surface area (TPSA) is 64.9 Å². The Hall–Kier alpha value is -1.40. The quantitative estimate of drug-likeness (QED) is 0.777. The lowest BCUT2D eigenvalue weighted by Crippen LogP contribution is -2.10. The van der Waals surface area contributed by atoms with Gasteiger partial charge in [0, 0.05) is 21.3 Å². The second-order valence-corrected chi connectivity index (χ2v) is 6.28. The second-order valence-electron chi connectivity index (χ2n) is 4.45. The molecule has 0 aliphatic heterocycles. The Bertz CT molecular complexity index is 743. The Balaban J connectivity index is 1.79. The van der Waals surface area contributed by atoms with Gasteiger partial charge in [-0.15, -0.1) is 11.3 Å². The van der Waals surface area contributed by atoms with E-state index in [2.05, 4.69) is 10.1 Å². The summed E-state index contributed by atoms with van der Waals surface area (Å²) in [7, 11) is 0. The average molecular weight is 340 g/mol. The largest absolute Gasteiger partial charge is 0.337 e. The Kier molecular flexibility index (Phi) is 4.26. The lowest BCUT2D eigenvalue weighted by Gasteiger charge is -2.02. The first-order valence-corrected chi connectivity index (χ1v) is 7.82. The molecule has 0 radical (unpaired) electrons. The number of halogens is 2. The molecule has 3 aromatic rings. The van der Waals surface area contributed by atoms with Crippen LogP contribution in [0.3, 0.4) is 0 Å². The fourth-order valence-corrected chi connectivity index (χ4v) is 3.09. The fourth-order valence-electron chi connectivity index (χ4n) is 1.89. The van der Waals surface area contributed by atoms with Gasteiger partial charge >= 0.3 is 0 Å². The Morgan fingerprint density at radius 1 is 1.29 bits per heavy atom. The third-order valence-electron chi connectivity index (χ3n) is 2.96. The van der Waals surface area contributed by atoms with Crippen LogP contribution >= 0.6 is 34.5 Å². The van der Waals surface area contributed by atoms with Crippen molar-refractivity contribution in [3.63, 3.8) is 0 Å². The molecule has 0 aliphatic carbocycles. The van der Waals surface area contributed by atoms with Crippen LogP contribution in [-0.4, -0.2) is 10.1 Å². The van der Waals surface area contributed by atoms with E-state index in [0.29, 0.717) is 28.2 Å². The highest BCUT2D eigenvalue weighted by atomic mass is 35.5. The zero-order valence-corrected chi connectivity index (χ0v) is 13.1. The highest BCUT2D eigenvalue weighted by molar-refractivity contribution is 7.10. The standard InChI is InChI=1S/C14H11Cl2N3OS/c15-9-4-3-8(10(16)7-9)6-12-18-14(20-19-12)13(17)11-2-1-5-21-11/h1-5,7,13H,6,17H2. The molecule has 2 heterocycles. The molecule has 108 valence electrons. The van der Waals surface area contributed by atoms with Gasteiger partial charge < -0.3 is 10.3 Å². The third kappa shape index (κ3) is 3.27. The SMILES string of the molecule is NC(c1nc(Cc2ccc(Cl)cc2Cl)no1)c1cccs1. The van der Waals surface area contributed by atoms with Crippen LogP contribution in [-0.2, 0) is 6.42 Å². The predicted octanol–water partition coefficient (Wildman–Crippen LogP) is 4.08. The van der Waals surface area contributed by atoms with E-state index < -0.39 is 6.04 Å². The Labute approximate surface area is 135 Å². The van der Waals surface area contributed by atoms with Gasteiger partial charge in [-0.25, -0.2) is 0 Å².